The Balaban J connectivity index is 2.08. The molecule has 1 saturated heterocycles. The van der Waals surface area contributed by atoms with Gasteiger partial charge in [0.2, 0.25) is 23.6 Å². The van der Waals surface area contributed by atoms with Crippen LogP contribution in [0, 0.1) is 0 Å². The molecule has 8 N–H and O–H groups in total. The van der Waals surface area contributed by atoms with E-state index in [2.05, 4.69) is 10.6 Å². The quantitative estimate of drug-likeness (QED) is 0.178. The first kappa shape index (κ1) is 29.9. The Kier molecular flexibility index (Phi) is 11.7. The lowest BCUT2D eigenvalue weighted by atomic mass is 10.0. The van der Waals surface area contributed by atoms with E-state index in [1.807, 2.05) is 6.26 Å². The van der Waals surface area contributed by atoms with Crippen LogP contribution in [0.15, 0.2) is 24.3 Å². The zero-order chi connectivity index (χ0) is 27.5. The Morgan fingerprint density at radius 1 is 1.11 bits per heavy atom. The van der Waals surface area contributed by atoms with Crippen molar-refractivity contribution in [3.63, 3.8) is 0 Å². The Morgan fingerprint density at radius 3 is 2.38 bits per heavy atom. The standard InChI is InChI=1S/C24H35N5O7S/c1-37-12-10-18(24(35)36)28-21(32)17(8-9-20(26)31)27-22(33)19-3-2-11-29(19)23(34)16(25)13-14-4-6-15(30)7-5-14/h4-7,16-19,30H,2-3,8-13,25H2,1H3,(H2,26,31)(H,27,33)(H,28,32)(H,35,36). The normalized spacial score (nSPS) is 17.5. The van der Waals surface area contributed by atoms with Crippen LogP contribution in [0.25, 0.3) is 0 Å². The monoisotopic (exact) mass is 537 g/mol. The lowest BCUT2D eigenvalue weighted by molar-refractivity contribution is -0.143. The molecular formula is C24H35N5O7S. The molecule has 12 nitrogen and oxygen atoms in total. The number of hydrogen-bond acceptors (Lipinski definition) is 8. The van der Waals surface area contributed by atoms with Crippen LogP contribution < -0.4 is 22.1 Å². The van der Waals surface area contributed by atoms with Gasteiger partial charge in [-0.2, -0.15) is 11.8 Å². The maximum atomic E-state index is 13.1. The number of benzene rings is 1. The van der Waals surface area contributed by atoms with Gasteiger partial charge in [0.1, 0.15) is 23.9 Å². The van der Waals surface area contributed by atoms with Crippen LogP contribution >= 0.6 is 11.8 Å². The number of carbonyl (C=O) groups is 5. The first-order chi connectivity index (χ1) is 17.5. The maximum Gasteiger partial charge on any atom is 0.326 e. The number of primary amides is 1. The molecule has 0 spiro atoms. The van der Waals surface area contributed by atoms with Gasteiger partial charge in [-0.05, 0) is 61.8 Å². The molecule has 0 radical (unpaired) electrons. The first-order valence-corrected chi connectivity index (χ1v) is 13.4. The molecule has 1 aromatic rings. The predicted octanol–water partition coefficient (Wildman–Crippen LogP) is -0.674. The number of likely N-dealkylation sites (tertiary alicyclic amines) is 1. The SMILES string of the molecule is CSCCC(NC(=O)C(CCC(N)=O)NC(=O)C1CCCN1C(=O)C(N)Cc1ccc(O)cc1)C(=O)O. The number of nitrogens with zero attached hydrogens (tertiary/aromatic N) is 1. The highest BCUT2D eigenvalue weighted by molar-refractivity contribution is 7.98. The van der Waals surface area contributed by atoms with Gasteiger partial charge in [-0.15, -0.1) is 0 Å². The summed E-state index contributed by atoms with van der Waals surface area (Å²) in [6, 6.07) is 2.14. The number of nitrogens with one attached hydrogen (secondary N) is 2. The minimum Gasteiger partial charge on any atom is -0.508 e. The molecule has 1 heterocycles. The van der Waals surface area contributed by atoms with Gasteiger partial charge in [0.15, 0.2) is 0 Å². The van der Waals surface area contributed by atoms with E-state index in [0.717, 1.165) is 5.56 Å². The number of phenols is 1. The molecule has 1 aliphatic rings. The van der Waals surface area contributed by atoms with E-state index >= 15 is 0 Å². The van der Waals surface area contributed by atoms with Gasteiger partial charge in [-0.3, -0.25) is 19.2 Å². The Bertz CT molecular complexity index is 975. The van der Waals surface area contributed by atoms with Crippen LogP contribution in [-0.4, -0.2) is 87.4 Å². The lowest BCUT2D eigenvalue weighted by Crippen LogP contribution is -2.57. The fourth-order valence-corrected chi connectivity index (χ4v) is 4.55. The Labute approximate surface area is 219 Å². The Morgan fingerprint density at radius 2 is 1.78 bits per heavy atom. The van der Waals surface area contributed by atoms with E-state index in [1.165, 1.54) is 28.8 Å². The highest BCUT2D eigenvalue weighted by Gasteiger charge is 2.38. The van der Waals surface area contributed by atoms with Crippen LogP contribution in [0.1, 0.15) is 37.7 Å². The first-order valence-electron chi connectivity index (χ1n) is 12.0. The van der Waals surface area contributed by atoms with E-state index in [0.29, 0.717) is 25.1 Å². The fourth-order valence-electron chi connectivity index (χ4n) is 4.08. The topological polar surface area (TPSA) is 205 Å². The largest absolute Gasteiger partial charge is 0.508 e. The van der Waals surface area contributed by atoms with Crippen molar-refractivity contribution in [3.05, 3.63) is 29.8 Å². The molecule has 0 aromatic heterocycles. The molecule has 0 bridgehead atoms. The highest BCUT2D eigenvalue weighted by atomic mass is 32.2. The molecule has 4 atom stereocenters. The van der Waals surface area contributed by atoms with Crippen LogP contribution in [0.4, 0.5) is 0 Å². The maximum absolute atomic E-state index is 13.1. The third-order valence-corrected chi connectivity index (χ3v) is 6.73. The van der Waals surface area contributed by atoms with Gasteiger partial charge in [0, 0.05) is 13.0 Å². The van der Waals surface area contributed by atoms with Crippen molar-refractivity contribution in [1.29, 1.82) is 0 Å². The van der Waals surface area contributed by atoms with Crippen LogP contribution in [0.2, 0.25) is 0 Å². The zero-order valence-corrected chi connectivity index (χ0v) is 21.5. The minimum atomic E-state index is -1.21. The summed E-state index contributed by atoms with van der Waals surface area (Å²) in [4.78, 5) is 63.3. The van der Waals surface area contributed by atoms with Crippen molar-refractivity contribution in [1.82, 2.24) is 15.5 Å². The number of aliphatic carboxylic acids is 1. The van der Waals surface area contributed by atoms with Crippen molar-refractivity contribution < 1.29 is 34.2 Å². The van der Waals surface area contributed by atoms with Gasteiger partial charge in [-0.25, -0.2) is 4.79 Å². The number of nitrogens with two attached hydrogens (primary N) is 2. The summed E-state index contributed by atoms with van der Waals surface area (Å²) >= 11 is 1.43. The number of thioether (sulfide) groups is 1. The molecule has 0 aliphatic carbocycles. The molecule has 204 valence electrons. The molecular weight excluding hydrogens is 502 g/mol. The molecule has 2 rings (SSSR count). The van der Waals surface area contributed by atoms with Crippen LogP contribution in [0.5, 0.6) is 5.75 Å². The number of rotatable bonds is 14. The van der Waals surface area contributed by atoms with Crippen molar-refractivity contribution in [2.45, 2.75) is 62.7 Å². The van der Waals surface area contributed by atoms with Gasteiger partial charge < -0.3 is 37.2 Å². The van der Waals surface area contributed by atoms with E-state index in [-0.39, 0.29) is 31.4 Å². The van der Waals surface area contributed by atoms with Crippen molar-refractivity contribution >= 4 is 41.4 Å². The minimum absolute atomic E-state index is 0.0915. The smallest absolute Gasteiger partial charge is 0.326 e. The third kappa shape index (κ3) is 9.25. The summed E-state index contributed by atoms with van der Waals surface area (Å²) in [5.74, 6) is -3.06. The van der Waals surface area contributed by atoms with Crippen LogP contribution in [0.3, 0.4) is 0 Å². The number of carboxylic acid groups (broad SMARTS) is 1. The molecule has 1 aliphatic heterocycles. The molecule has 1 aromatic carbocycles. The molecule has 4 amide bonds. The summed E-state index contributed by atoms with van der Waals surface area (Å²) in [5, 5.41) is 23.8. The molecule has 1 fully saturated rings. The van der Waals surface area contributed by atoms with E-state index < -0.39 is 53.8 Å². The summed E-state index contributed by atoms with van der Waals surface area (Å²) in [5.41, 5.74) is 12.1. The van der Waals surface area contributed by atoms with Gasteiger partial charge in [0.05, 0.1) is 6.04 Å². The van der Waals surface area contributed by atoms with E-state index in [9.17, 15) is 34.2 Å². The number of phenolic OH excluding ortho intramolecular Hbond substituents is 1. The van der Waals surface area contributed by atoms with Gasteiger partial charge >= 0.3 is 5.97 Å². The number of hydrogen-bond donors (Lipinski definition) is 6. The number of amides is 4. The number of aromatic hydroxyl groups is 1. The van der Waals surface area contributed by atoms with Crippen molar-refractivity contribution in [3.8, 4) is 5.75 Å². The average molecular weight is 538 g/mol. The zero-order valence-electron chi connectivity index (χ0n) is 20.7. The second kappa shape index (κ2) is 14.4. The summed E-state index contributed by atoms with van der Waals surface area (Å²) in [7, 11) is 0. The molecule has 0 saturated carbocycles. The highest BCUT2D eigenvalue weighted by Crippen LogP contribution is 2.20. The van der Waals surface area contributed by atoms with Crippen molar-refractivity contribution in [2.75, 3.05) is 18.6 Å². The molecule has 4 unspecified atom stereocenters. The van der Waals surface area contributed by atoms with Gasteiger partial charge in [-0.1, -0.05) is 12.1 Å². The van der Waals surface area contributed by atoms with Crippen molar-refractivity contribution in [2.24, 2.45) is 11.5 Å². The van der Waals surface area contributed by atoms with E-state index in [4.69, 9.17) is 11.5 Å². The van der Waals surface area contributed by atoms with Gasteiger partial charge in [0.25, 0.3) is 0 Å². The summed E-state index contributed by atoms with van der Waals surface area (Å²) in [6.07, 6.45) is 2.79. The number of carboxylic acids is 1. The molecule has 13 heteroatoms. The Hall–Kier alpha value is -3.32. The second-order valence-corrected chi connectivity index (χ2v) is 9.90. The van der Waals surface area contributed by atoms with Crippen LogP contribution in [-0.2, 0) is 30.4 Å². The second-order valence-electron chi connectivity index (χ2n) is 8.91. The lowest BCUT2D eigenvalue weighted by Gasteiger charge is -2.28. The summed E-state index contributed by atoms with van der Waals surface area (Å²) < 4.78 is 0. The molecule has 37 heavy (non-hydrogen) atoms. The third-order valence-electron chi connectivity index (χ3n) is 6.09. The number of carbonyl (C=O) groups excluding carboxylic acids is 4. The predicted molar refractivity (Wildman–Crippen MR) is 137 cm³/mol. The van der Waals surface area contributed by atoms with E-state index in [1.54, 1.807) is 12.1 Å². The average Bonchev–Trinajstić information content (AvgIpc) is 3.34. The fraction of sp³-hybridized carbons (Fsp3) is 0.542. The summed E-state index contributed by atoms with van der Waals surface area (Å²) in [6.45, 7) is 0.314.